The lowest BCUT2D eigenvalue weighted by Gasteiger charge is -2.32. The molecule has 0 aliphatic carbocycles. The topological polar surface area (TPSA) is 127 Å². The largest absolute Gasteiger partial charge is 0.497 e. The fourth-order valence-electron chi connectivity index (χ4n) is 8.50. The van der Waals surface area contributed by atoms with E-state index in [1.54, 1.807) is 26.6 Å². The maximum absolute atomic E-state index is 13.7. The van der Waals surface area contributed by atoms with Crippen LogP contribution >= 0.6 is 0 Å². The molecule has 0 bridgehead atoms. The third kappa shape index (κ3) is 14.5. The van der Waals surface area contributed by atoms with Gasteiger partial charge in [-0.3, -0.25) is 29.4 Å². The van der Waals surface area contributed by atoms with Crippen LogP contribution in [0.2, 0.25) is 0 Å². The highest BCUT2D eigenvalue weighted by Crippen LogP contribution is 2.29. The van der Waals surface area contributed by atoms with Gasteiger partial charge in [0, 0.05) is 49.5 Å². The van der Waals surface area contributed by atoms with Gasteiger partial charge in [0.2, 0.25) is 11.8 Å². The summed E-state index contributed by atoms with van der Waals surface area (Å²) in [4.78, 5) is 39.7. The van der Waals surface area contributed by atoms with Gasteiger partial charge in [-0.25, -0.2) is 17.6 Å². The zero-order valence-electron chi connectivity index (χ0n) is 39.2. The lowest BCUT2D eigenvalue weighted by Crippen LogP contribution is -2.43. The number of nitrogens with zero attached hydrogens (tertiary/aromatic N) is 4. The zero-order chi connectivity index (χ0) is 49.2. The van der Waals surface area contributed by atoms with Crippen LogP contribution in [0.15, 0.2) is 134 Å². The number of pyridine rings is 2. The van der Waals surface area contributed by atoms with Crippen LogP contribution in [0.4, 0.5) is 17.6 Å². The molecule has 16 heteroatoms. The Morgan fingerprint density at radius 1 is 0.557 bits per heavy atom. The van der Waals surface area contributed by atoms with Gasteiger partial charge in [-0.05, 0) is 136 Å². The summed E-state index contributed by atoms with van der Waals surface area (Å²) in [7, 11) is 3.23. The number of halogens is 4. The van der Waals surface area contributed by atoms with Gasteiger partial charge < -0.3 is 29.6 Å². The molecule has 368 valence electrons. The van der Waals surface area contributed by atoms with Crippen LogP contribution in [0.1, 0.15) is 60.3 Å². The number of nitrogens with one attached hydrogen (secondary N) is 2. The second-order valence-corrected chi connectivity index (χ2v) is 17.0. The summed E-state index contributed by atoms with van der Waals surface area (Å²) >= 11 is 0. The molecule has 2 aromatic heterocycles. The molecule has 0 saturated carbocycles. The van der Waals surface area contributed by atoms with Crippen molar-refractivity contribution in [2.75, 3.05) is 66.7 Å². The molecule has 2 saturated heterocycles. The lowest BCUT2D eigenvalue weighted by molar-refractivity contribution is -0.127. The van der Waals surface area contributed by atoms with E-state index in [0.29, 0.717) is 50.3 Å². The number of piperidine rings is 2. The first kappa shape index (κ1) is 50.8. The van der Waals surface area contributed by atoms with Crippen molar-refractivity contribution >= 4 is 11.8 Å². The van der Waals surface area contributed by atoms with Crippen LogP contribution in [-0.2, 0) is 9.59 Å². The van der Waals surface area contributed by atoms with Gasteiger partial charge in [-0.15, -0.1) is 0 Å². The van der Waals surface area contributed by atoms with Crippen molar-refractivity contribution in [2.45, 2.75) is 37.8 Å². The molecular formula is C54H58F4N6O6. The highest BCUT2D eigenvalue weighted by molar-refractivity contribution is 5.80. The summed E-state index contributed by atoms with van der Waals surface area (Å²) < 4.78 is 75.1. The molecule has 2 aliphatic rings. The average molecular weight is 963 g/mol. The van der Waals surface area contributed by atoms with E-state index in [4.69, 9.17) is 18.9 Å². The summed E-state index contributed by atoms with van der Waals surface area (Å²) in [6.07, 6.45) is 6.28. The van der Waals surface area contributed by atoms with Crippen molar-refractivity contribution in [1.82, 2.24) is 30.4 Å². The number of methoxy groups -OCH3 is 2. The molecule has 2 aliphatic heterocycles. The number of aromatic nitrogens is 2. The molecule has 0 radical (unpaired) electrons. The van der Waals surface area contributed by atoms with Crippen molar-refractivity contribution in [3.8, 4) is 23.0 Å². The van der Waals surface area contributed by atoms with Crippen molar-refractivity contribution in [3.05, 3.63) is 180 Å². The second kappa shape index (κ2) is 25.5. The van der Waals surface area contributed by atoms with Crippen molar-refractivity contribution in [1.29, 1.82) is 0 Å². The SMILES string of the molecule is COc1cccc(C(NC(=O)C2CCN(CCOc3ccc(F)cc3F)CC2)c2ccccn2)c1.COc1cccc(C(NC(=O)C2CCN(CCOc3ccc(F)cc3F)CC2)c2ccccn2)c1. The molecule has 12 nitrogen and oxygen atoms in total. The Bertz CT molecular complexity index is 2420. The van der Waals surface area contributed by atoms with Gasteiger partial charge in [0.25, 0.3) is 0 Å². The molecule has 70 heavy (non-hydrogen) atoms. The van der Waals surface area contributed by atoms with Gasteiger partial charge >= 0.3 is 0 Å². The number of benzene rings is 4. The number of hydrogen-bond donors (Lipinski definition) is 2. The Morgan fingerprint density at radius 3 is 1.33 bits per heavy atom. The number of carbonyl (C=O) groups excluding carboxylic acids is 2. The Labute approximate surface area is 406 Å². The molecule has 2 amide bonds. The first-order valence-electron chi connectivity index (χ1n) is 23.4. The maximum Gasteiger partial charge on any atom is 0.224 e. The fraction of sp³-hybridized carbons (Fsp3) is 0.333. The van der Waals surface area contributed by atoms with Gasteiger partial charge in [0.05, 0.1) is 37.7 Å². The minimum atomic E-state index is -0.709. The minimum Gasteiger partial charge on any atom is -0.497 e. The Kier molecular flexibility index (Phi) is 18.5. The normalized spacial score (nSPS) is 15.4. The molecule has 6 aromatic rings. The number of ether oxygens (including phenoxy) is 4. The summed E-state index contributed by atoms with van der Waals surface area (Å²) in [5.41, 5.74) is 3.33. The van der Waals surface area contributed by atoms with Crippen LogP contribution < -0.4 is 29.6 Å². The smallest absolute Gasteiger partial charge is 0.224 e. The third-order valence-corrected chi connectivity index (χ3v) is 12.4. The van der Waals surface area contributed by atoms with E-state index < -0.39 is 23.3 Å². The molecule has 2 unspecified atom stereocenters. The van der Waals surface area contributed by atoms with Gasteiger partial charge in [-0.1, -0.05) is 36.4 Å². The number of amides is 2. The van der Waals surface area contributed by atoms with E-state index in [0.717, 1.165) is 60.8 Å². The van der Waals surface area contributed by atoms with E-state index in [1.807, 2.05) is 84.9 Å². The number of rotatable bonds is 18. The first-order valence-corrected chi connectivity index (χ1v) is 23.4. The van der Waals surface area contributed by atoms with E-state index >= 15 is 0 Å². The zero-order valence-corrected chi connectivity index (χ0v) is 39.2. The summed E-state index contributed by atoms with van der Waals surface area (Å²) in [6.45, 7) is 4.73. The van der Waals surface area contributed by atoms with Gasteiger partial charge in [0.1, 0.15) is 36.3 Å². The monoisotopic (exact) mass is 962 g/mol. The van der Waals surface area contributed by atoms with Crippen LogP contribution in [0, 0.1) is 35.1 Å². The molecule has 8 rings (SSSR count). The Morgan fingerprint density at radius 2 is 0.971 bits per heavy atom. The maximum atomic E-state index is 13.7. The first-order chi connectivity index (χ1) is 34.1. The predicted octanol–water partition coefficient (Wildman–Crippen LogP) is 8.73. The van der Waals surface area contributed by atoms with Gasteiger partial charge in [0.15, 0.2) is 23.1 Å². The van der Waals surface area contributed by atoms with Crippen LogP contribution in [0.25, 0.3) is 0 Å². The van der Waals surface area contributed by atoms with Gasteiger partial charge in [-0.2, -0.15) is 0 Å². The van der Waals surface area contributed by atoms with Crippen LogP contribution in [0.3, 0.4) is 0 Å². The van der Waals surface area contributed by atoms with Crippen molar-refractivity contribution in [2.24, 2.45) is 11.8 Å². The molecule has 4 aromatic carbocycles. The highest BCUT2D eigenvalue weighted by atomic mass is 19.1. The quantitative estimate of drug-likeness (QED) is 0.0808. The minimum absolute atomic E-state index is 0.00671. The standard InChI is InChI=1S/2C27H29F2N3O3/c2*1-34-22-6-4-5-20(17-22)26(24-7-2-3-12-30-24)31-27(33)19-10-13-32(14-11-19)15-16-35-25-9-8-21(28)18-23(25)29/h2*2-9,12,17-19,26H,10-11,13-16H2,1H3,(H,31,33). The number of carbonyl (C=O) groups is 2. The van der Waals surface area contributed by atoms with Crippen LogP contribution in [0.5, 0.6) is 23.0 Å². The summed E-state index contributed by atoms with van der Waals surface area (Å²) in [6, 6.07) is 32.3. The lowest BCUT2D eigenvalue weighted by atomic mass is 9.94. The summed E-state index contributed by atoms with van der Waals surface area (Å²) in [5, 5.41) is 6.38. The predicted molar refractivity (Wildman–Crippen MR) is 256 cm³/mol. The van der Waals surface area contributed by atoms with E-state index in [2.05, 4.69) is 30.4 Å². The average Bonchev–Trinajstić information content (AvgIpc) is 3.39. The van der Waals surface area contributed by atoms with E-state index in [-0.39, 0.29) is 60.4 Å². The Balaban J connectivity index is 0.000000206. The van der Waals surface area contributed by atoms with Crippen LogP contribution in [-0.4, -0.2) is 98.3 Å². The number of likely N-dealkylation sites (tertiary alicyclic amines) is 2. The number of hydrogen-bond acceptors (Lipinski definition) is 10. The van der Waals surface area contributed by atoms with Crippen molar-refractivity contribution in [3.63, 3.8) is 0 Å². The second-order valence-electron chi connectivity index (χ2n) is 17.0. The Hall–Kier alpha value is -7.04. The summed E-state index contributed by atoms with van der Waals surface area (Å²) in [5.74, 6) is -1.41. The van der Waals surface area contributed by atoms with E-state index in [1.165, 1.54) is 24.3 Å². The molecular weight excluding hydrogens is 905 g/mol. The third-order valence-electron chi connectivity index (χ3n) is 12.4. The fourth-order valence-corrected chi connectivity index (χ4v) is 8.50. The molecule has 0 spiro atoms. The highest BCUT2D eigenvalue weighted by Gasteiger charge is 2.30. The molecule has 2 fully saturated rings. The van der Waals surface area contributed by atoms with E-state index in [9.17, 15) is 27.2 Å². The van der Waals surface area contributed by atoms with Crippen molar-refractivity contribution < 1.29 is 46.1 Å². The molecule has 4 heterocycles. The molecule has 2 atom stereocenters. The molecule has 2 N–H and O–H groups in total.